The number of carbonyl (C=O) groups is 1. The summed E-state index contributed by atoms with van der Waals surface area (Å²) in [5.41, 5.74) is 9.53. The van der Waals surface area contributed by atoms with Gasteiger partial charge in [0.05, 0.1) is 0 Å². The van der Waals surface area contributed by atoms with Crippen LogP contribution in [0.2, 0.25) is 0 Å². The maximum atomic E-state index is 12.1. The van der Waals surface area contributed by atoms with Crippen LogP contribution in [0, 0.1) is 19.8 Å². The highest BCUT2D eigenvalue weighted by Crippen LogP contribution is 2.24. The first kappa shape index (κ1) is 14.9. The molecule has 2 rings (SSSR count). The number of hydrogen-bond acceptors (Lipinski definition) is 3. The second kappa shape index (κ2) is 6.27. The highest BCUT2D eigenvalue weighted by Gasteiger charge is 2.24. The Kier molecular flexibility index (Phi) is 4.65. The third-order valence-electron chi connectivity index (χ3n) is 4.28. The molecular formula is C16H25N3O. The summed E-state index contributed by atoms with van der Waals surface area (Å²) in [7, 11) is 0. The zero-order chi connectivity index (χ0) is 14.7. The molecule has 1 aromatic carbocycles. The van der Waals surface area contributed by atoms with Crippen molar-refractivity contribution in [1.29, 1.82) is 0 Å². The van der Waals surface area contributed by atoms with Crippen molar-refractivity contribution >= 4 is 11.6 Å². The lowest BCUT2D eigenvalue weighted by Gasteiger charge is -2.38. The molecule has 0 aromatic heterocycles. The number of hydrogen-bond donors (Lipinski definition) is 1. The lowest BCUT2D eigenvalue weighted by Crippen LogP contribution is -2.51. The molecule has 1 unspecified atom stereocenters. The molecule has 1 heterocycles. The van der Waals surface area contributed by atoms with Gasteiger partial charge in [-0.25, -0.2) is 0 Å². The Labute approximate surface area is 121 Å². The molecule has 1 aromatic rings. The minimum absolute atomic E-state index is 0.0674. The SMILES string of the molecule is Cc1cccc(N2CCN(C(=O)C(C)CN)CC2)c1C. The third-order valence-corrected chi connectivity index (χ3v) is 4.28. The topological polar surface area (TPSA) is 49.6 Å². The van der Waals surface area contributed by atoms with Crippen LogP contribution in [-0.4, -0.2) is 43.5 Å². The molecule has 4 heteroatoms. The van der Waals surface area contributed by atoms with Crippen LogP contribution in [0.25, 0.3) is 0 Å². The number of nitrogens with zero attached hydrogens (tertiary/aromatic N) is 2. The standard InChI is InChI=1S/C16H25N3O/c1-12-5-4-6-15(14(12)3)18-7-9-19(10-8-18)16(20)13(2)11-17/h4-6,13H,7-11,17H2,1-3H3. The van der Waals surface area contributed by atoms with Crippen LogP contribution >= 0.6 is 0 Å². The predicted octanol–water partition coefficient (Wildman–Crippen LogP) is 1.55. The van der Waals surface area contributed by atoms with Crippen molar-refractivity contribution in [2.24, 2.45) is 11.7 Å². The highest BCUT2D eigenvalue weighted by atomic mass is 16.2. The van der Waals surface area contributed by atoms with E-state index in [9.17, 15) is 4.79 Å². The molecule has 1 atom stereocenters. The Hall–Kier alpha value is -1.55. The molecule has 0 saturated carbocycles. The van der Waals surface area contributed by atoms with Crippen molar-refractivity contribution in [3.63, 3.8) is 0 Å². The van der Waals surface area contributed by atoms with Crippen LogP contribution < -0.4 is 10.6 Å². The molecule has 1 saturated heterocycles. The second-order valence-electron chi connectivity index (χ2n) is 5.67. The van der Waals surface area contributed by atoms with E-state index in [0.29, 0.717) is 6.54 Å². The highest BCUT2D eigenvalue weighted by molar-refractivity contribution is 5.79. The smallest absolute Gasteiger partial charge is 0.226 e. The summed E-state index contributed by atoms with van der Waals surface area (Å²) in [6, 6.07) is 6.41. The summed E-state index contributed by atoms with van der Waals surface area (Å²) in [5, 5.41) is 0. The van der Waals surface area contributed by atoms with Crippen molar-refractivity contribution in [2.75, 3.05) is 37.6 Å². The summed E-state index contributed by atoms with van der Waals surface area (Å²) >= 11 is 0. The number of nitrogens with two attached hydrogens (primary N) is 1. The summed E-state index contributed by atoms with van der Waals surface area (Å²) in [4.78, 5) is 16.4. The van der Waals surface area contributed by atoms with Crippen LogP contribution in [0.15, 0.2) is 18.2 Å². The summed E-state index contributed by atoms with van der Waals surface area (Å²) in [6.45, 7) is 10.0. The number of carbonyl (C=O) groups excluding carboxylic acids is 1. The van der Waals surface area contributed by atoms with E-state index in [0.717, 1.165) is 26.2 Å². The Bertz CT molecular complexity index is 479. The molecule has 2 N–H and O–H groups in total. The monoisotopic (exact) mass is 275 g/mol. The van der Waals surface area contributed by atoms with Gasteiger partial charge in [-0.05, 0) is 31.0 Å². The van der Waals surface area contributed by atoms with Crippen LogP contribution in [0.1, 0.15) is 18.1 Å². The van der Waals surface area contributed by atoms with Crippen LogP contribution in [-0.2, 0) is 4.79 Å². The number of piperazine rings is 1. The van der Waals surface area contributed by atoms with Crippen molar-refractivity contribution in [3.8, 4) is 0 Å². The molecule has 0 aliphatic carbocycles. The third kappa shape index (κ3) is 2.96. The minimum Gasteiger partial charge on any atom is -0.368 e. The van der Waals surface area contributed by atoms with E-state index in [1.165, 1.54) is 16.8 Å². The zero-order valence-electron chi connectivity index (χ0n) is 12.7. The molecular weight excluding hydrogens is 250 g/mol. The second-order valence-corrected chi connectivity index (χ2v) is 5.67. The Morgan fingerprint density at radius 1 is 1.25 bits per heavy atom. The summed E-state index contributed by atoms with van der Waals surface area (Å²) in [5.74, 6) is 0.121. The maximum Gasteiger partial charge on any atom is 0.226 e. The number of benzene rings is 1. The van der Waals surface area contributed by atoms with Crippen molar-refractivity contribution in [1.82, 2.24) is 4.90 Å². The Morgan fingerprint density at radius 2 is 1.90 bits per heavy atom. The zero-order valence-corrected chi connectivity index (χ0v) is 12.7. The van der Waals surface area contributed by atoms with E-state index in [4.69, 9.17) is 5.73 Å². The molecule has 1 aliphatic rings. The quantitative estimate of drug-likeness (QED) is 0.910. The summed E-state index contributed by atoms with van der Waals surface area (Å²) < 4.78 is 0. The van der Waals surface area contributed by atoms with Gasteiger partial charge in [0.2, 0.25) is 5.91 Å². The largest absolute Gasteiger partial charge is 0.368 e. The maximum absolute atomic E-state index is 12.1. The molecule has 4 nitrogen and oxygen atoms in total. The minimum atomic E-state index is -0.0674. The van der Waals surface area contributed by atoms with Crippen molar-refractivity contribution in [3.05, 3.63) is 29.3 Å². The molecule has 0 spiro atoms. The van der Waals surface area contributed by atoms with E-state index < -0.39 is 0 Å². The van der Waals surface area contributed by atoms with Gasteiger partial charge in [0.15, 0.2) is 0 Å². The fourth-order valence-electron chi connectivity index (χ4n) is 2.66. The number of amides is 1. The van der Waals surface area contributed by atoms with Gasteiger partial charge < -0.3 is 15.5 Å². The lowest BCUT2D eigenvalue weighted by molar-refractivity contribution is -0.134. The predicted molar refractivity (Wildman–Crippen MR) is 82.9 cm³/mol. The average molecular weight is 275 g/mol. The normalized spacial score (nSPS) is 17.2. The molecule has 20 heavy (non-hydrogen) atoms. The molecule has 1 amide bonds. The number of anilines is 1. The Balaban J connectivity index is 2.01. The van der Waals surface area contributed by atoms with Crippen molar-refractivity contribution in [2.45, 2.75) is 20.8 Å². The molecule has 0 radical (unpaired) electrons. The first-order valence-corrected chi connectivity index (χ1v) is 7.34. The first-order chi connectivity index (χ1) is 9.54. The van der Waals surface area contributed by atoms with E-state index in [1.54, 1.807) is 0 Å². The van der Waals surface area contributed by atoms with E-state index in [1.807, 2.05) is 11.8 Å². The van der Waals surface area contributed by atoms with Crippen LogP contribution in [0.4, 0.5) is 5.69 Å². The van der Waals surface area contributed by atoms with Gasteiger partial charge in [0, 0.05) is 44.3 Å². The number of aryl methyl sites for hydroxylation is 1. The van der Waals surface area contributed by atoms with Gasteiger partial charge in [-0.3, -0.25) is 4.79 Å². The van der Waals surface area contributed by atoms with Gasteiger partial charge >= 0.3 is 0 Å². The average Bonchev–Trinajstić information content (AvgIpc) is 2.48. The van der Waals surface area contributed by atoms with E-state index in [2.05, 4.69) is 36.9 Å². The van der Waals surface area contributed by atoms with Gasteiger partial charge in [-0.2, -0.15) is 0 Å². The fraction of sp³-hybridized carbons (Fsp3) is 0.562. The summed E-state index contributed by atoms with van der Waals surface area (Å²) in [6.07, 6.45) is 0. The fourth-order valence-corrected chi connectivity index (χ4v) is 2.66. The van der Waals surface area contributed by atoms with Gasteiger partial charge in [-0.15, -0.1) is 0 Å². The van der Waals surface area contributed by atoms with Crippen molar-refractivity contribution < 1.29 is 4.79 Å². The van der Waals surface area contributed by atoms with E-state index >= 15 is 0 Å². The number of rotatable bonds is 3. The van der Waals surface area contributed by atoms with Gasteiger partial charge in [-0.1, -0.05) is 19.1 Å². The molecule has 110 valence electrons. The molecule has 1 fully saturated rings. The first-order valence-electron chi connectivity index (χ1n) is 7.34. The molecule has 0 bridgehead atoms. The van der Waals surface area contributed by atoms with Gasteiger partial charge in [0.1, 0.15) is 0 Å². The van der Waals surface area contributed by atoms with Crippen LogP contribution in [0.5, 0.6) is 0 Å². The Morgan fingerprint density at radius 3 is 2.50 bits per heavy atom. The van der Waals surface area contributed by atoms with Gasteiger partial charge in [0.25, 0.3) is 0 Å². The van der Waals surface area contributed by atoms with E-state index in [-0.39, 0.29) is 11.8 Å². The van der Waals surface area contributed by atoms with Crippen LogP contribution in [0.3, 0.4) is 0 Å². The molecule has 1 aliphatic heterocycles. The lowest BCUT2D eigenvalue weighted by atomic mass is 10.1.